The van der Waals surface area contributed by atoms with Crippen molar-refractivity contribution in [3.63, 3.8) is 0 Å². The van der Waals surface area contributed by atoms with Crippen LogP contribution in [-0.2, 0) is 11.2 Å². The molecular weight excluding hydrogens is 268 g/mol. The van der Waals surface area contributed by atoms with Crippen molar-refractivity contribution in [3.8, 4) is 11.4 Å². The molecule has 0 bridgehead atoms. The van der Waals surface area contributed by atoms with Crippen molar-refractivity contribution in [3.05, 3.63) is 30.4 Å². The molecule has 0 saturated carbocycles. The third-order valence-electron chi connectivity index (χ3n) is 2.81. The lowest BCUT2D eigenvalue weighted by atomic mass is 10.2. The van der Waals surface area contributed by atoms with Crippen LogP contribution < -0.4 is 5.32 Å². The molecule has 3 rings (SSSR count). The number of aromatic nitrogens is 3. The zero-order valence-corrected chi connectivity index (χ0v) is 11.1. The minimum atomic E-state index is 0. The Hall–Kier alpha value is -1.50. The lowest BCUT2D eigenvalue weighted by Gasteiger charge is -2.21. The van der Waals surface area contributed by atoms with E-state index in [9.17, 15) is 0 Å². The van der Waals surface area contributed by atoms with E-state index in [1.807, 2.05) is 12.1 Å². The monoisotopic (exact) mass is 282 g/mol. The molecule has 7 heteroatoms. The van der Waals surface area contributed by atoms with E-state index in [0.717, 1.165) is 25.3 Å². The number of pyridine rings is 1. The number of nitrogens with one attached hydrogen (secondary N) is 1. The van der Waals surface area contributed by atoms with Crippen LogP contribution in [0.3, 0.4) is 0 Å². The maximum atomic E-state index is 5.60. The molecule has 6 nitrogen and oxygen atoms in total. The molecule has 2 aromatic heterocycles. The fourth-order valence-electron chi connectivity index (χ4n) is 1.90. The van der Waals surface area contributed by atoms with Gasteiger partial charge in [0, 0.05) is 31.0 Å². The van der Waals surface area contributed by atoms with Gasteiger partial charge in [0.25, 0.3) is 0 Å². The molecule has 0 radical (unpaired) electrons. The highest BCUT2D eigenvalue weighted by Gasteiger charge is 2.18. The number of ether oxygens (including phenoxy) is 1. The number of hydrogen-bond donors (Lipinski definition) is 1. The molecule has 1 aliphatic rings. The van der Waals surface area contributed by atoms with E-state index in [4.69, 9.17) is 9.26 Å². The van der Waals surface area contributed by atoms with E-state index in [1.165, 1.54) is 0 Å². The molecule has 0 amide bonds. The van der Waals surface area contributed by atoms with Gasteiger partial charge in [-0.2, -0.15) is 4.98 Å². The summed E-state index contributed by atoms with van der Waals surface area (Å²) in [4.78, 5) is 8.32. The van der Waals surface area contributed by atoms with Crippen LogP contribution in [-0.4, -0.2) is 40.9 Å². The van der Waals surface area contributed by atoms with Gasteiger partial charge in [0.1, 0.15) is 0 Å². The second kappa shape index (κ2) is 6.60. The number of hydrogen-bond acceptors (Lipinski definition) is 6. The van der Waals surface area contributed by atoms with E-state index in [0.29, 0.717) is 18.1 Å². The van der Waals surface area contributed by atoms with Crippen molar-refractivity contribution in [2.24, 2.45) is 0 Å². The number of halogens is 1. The minimum Gasteiger partial charge on any atom is -0.375 e. The second-order valence-corrected chi connectivity index (χ2v) is 4.15. The molecule has 1 unspecified atom stereocenters. The lowest BCUT2D eigenvalue weighted by molar-refractivity contribution is 0.0246. The third-order valence-corrected chi connectivity index (χ3v) is 2.81. The highest BCUT2D eigenvalue weighted by atomic mass is 35.5. The van der Waals surface area contributed by atoms with E-state index in [-0.39, 0.29) is 18.5 Å². The molecule has 3 heterocycles. The quantitative estimate of drug-likeness (QED) is 0.908. The van der Waals surface area contributed by atoms with Gasteiger partial charge in [-0.05, 0) is 12.1 Å². The maximum Gasteiger partial charge on any atom is 0.229 e. The Kier molecular flexibility index (Phi) is 4.84. The highest BCUT2D eigenvalue weighted by Crippen LogP contribution is 2.15. The lowest BCUT2D eigenvalue weighted by Crippen LogP contribution is -2.39. The van der Waals surface area contributed by atoms with Crippen molar-refractivity contribution < 1.29 is 9.26 Å². The first kappa shape index (κ1) is 13.9. The van der Waals surface area contributed by atoms with Crippen molar-refractivity contribution in [1.82, 2.24) is 20.4 Å². The van der Waals surface area contributed by atoms with Crippen LogP contribution in [0.2, 0.25) is 0 Å². The Bertz CT molecular complexity index is 499. The molecule has 1 atom stereocenters. The van der Waals surface area contributed by atoms with Crippen LogP contribution in [0.1, 0.15) is 5.89 Å². The zero-order valence-electron chi connectivity index (χ0n) is 10.3. The number of nitrogens with zero attached hydrogens (tertiary/aromatic N) is 3. The summed E-state index contributed by atoms with van der Waals surface area (Å²) in [5.41, 5.74) is 0.905. The van der Waals surface area contributed by atoms with Crippen LogP contribution in [0.5, 0.6) is 0 Å². The van der Waals surface area contributed by atoms with Gasteiger partial charge in [-0.1, -0.05) is 5.16 Å². The van der Waals surface area contributed by atoms with Crippen molar-refractivity contribution >= 4 is 12.4 Å². The largest absolute Gasteiger partial charge is 0.375 e. The van der Waals surface area contributed by atoms with Gasteiger partial charge in [-0.25, -0.2) is 0 Å². The van der Waals surface area contributed by atoms with E-state index in [2.05, 4.69) is 20.4 Å². The Morgan fingerprint density at radius 2 is 2.16 bits per heavy atom. The summed E-state index contributed by atoms with van der Waals surface area (Å²) < 4.78 is 10.8. The van der Waals surface area contributed by atoms with Crippen LogP contribution in [0.4, 0.5) is 0 Å². The first-order valence-corrected chi connectivity index (χ1v) is 5.97. The molecular formula is C12H15ClN4O2. The van der Waals surface area contributed by atoms with Gasteiger partial charge in [0.15, 0.2) is 0 Å². The maximum absolute atomic E-state index is 5.60. The van der Waals surface area contributed by atoms with E-state index in [1.54, 1.807) is 12.4 Å². The van der Waals surface area contributed by atoms with Crippen LogP contribution in [0, 0.1) is 0 Å². The topological polar surface area (TPSA) is 73.1 Å². The summed E-state index contributed by atoms with van der Waals surface area (Å²) in [5.74, 6) is 1.20. The normalized spacial score (nSPS) is 18.8. The third kappa shape index (κ3) is 3.50. The Balaban J connectivity index is 0.00000133. The van der Waals surface area contributed by atoms with Gasteiger partial charge in [-0.3, -0.25) is 4.98 Å². The van der Waals surface area contributed by atoms with Crippen molar-refractivity contribution in [2.45, 2.75) is 12.5 Å². The zero-order chi connectivity index (χ0) is 12.2. The highest BCUT2D eigenvalue weighted by molar-refractivity contribution is 5.85. The summed E-state index contributed by atoms with van der Waals surface area (Å²) in [6.45, 7) is 2.46. The van der Waals surface area contributed by atoms with Crippen molar-refractivity contribution in [1.29, 1.82) is 0 Å². The number of rotatable bonds is 3. The SMILES string of the molecule is Cl.c1cc(-c2noc(CC3CNCCO3)n2)ccn1. The number of morpholine rings is 1. The molecule has 102 valence electrons. The summed E-state index contributed by atoms with van der Waals surface area (Å²) in [5, 5.41) is 7.23. The fraction of sp³-hybridized carbons (Fsp3) is 0.417. The molecule has 0 aromatic carbocycles. The standard InChI is InChI=1S/C12H14N4O2.ClH/c1-3-13-4-2-9(1)12-15-11(18-16-12)7-10-8-14-5-6-17-10;/h1-4,10,14H,5-8H2;1H. The second-order valence-electron chi connectivity index (χ2n) is 4.15. The predicted molar refractivity (Wildman–Crippen MR) is 71.1 cm³/mol. The molecule has 1 aliphatic heterocycles. The van der Waals surface area contributed by atoms with Crippen LogP contribution >= 0.6 is 12.4 Å². The minimum absolute atomic E-state index is 0. The van der Waals surface area contributed by atoms with Gasteiger partial charge in [-0.15, -0.1) is 12.4 Å². The Labute approximate surface area is 117 Å². The summed E-state index contributed by atoms with van der Waals surface area (Å²) >= 11 is 0. The van der Waals surface area contributed by atoms with Gasteiger partial charge in [0.2, 0.25) is 11.7 Å². The molecule has 1 N–H and O–H groups in total. The molecule has 0 aliphatic carbocycles. The summed E-state index contributed by atoms with van der Waals surface area (Å²) in [6.07, 6.45) is 4.17. The van der Waals surface area contributed by atoms with Crippen LogP contribution in [0.25, 0.3) is 11.4 Å². The first-order valence-electron chi connectivity index (χ1n) is 5.97. The fourth-order valence-corrected chi connectivity index (χ4v) is 1.90. The molecule has 19 heavy (non-hydrogen) atoms. The smallest absolute Gasteiger partial charge is 0.229 e. The van der Waals surface area contributed by atoms with E-state index >= 15 is 0 Å². The average molecular weight is 283 g/mol. The van der Waals surface area contributed by atoms with Gasteiger partial charge in [0.05, 0.1) is 19.1 Å². The molecule has 0 spiro atoms. The summed E-state index contributed by atoms with van der Waals surface area (Å²) in [6, 6.07) is 3.71. The van der Waals surface area contributed by atoms with E-state index < -0.39 is 0 Å². The molecule has 2 aromatic rings. The average Bonchev–Trinajstić information content (AvgIpc) is 2.89. The Morgan fingerprint density at radius 3 is 2.89 bits per heavy atom. The molecule has 1 fully saturated rings. The van der Waals surface area contributed by atoms with Crippen molar-refractivity contribution in [2.75, 3.05) is 19.7 Å². The van der Waals surface area contributed by atoms with Gasteiger partial charge >= 0.3 is 0 Å². The summed E-state index contributed by atoms with van der Waals surface area (Å²) in [7, 11) is 0. The predicted octanol–water partition coefficient (Wildman–Crippen LogP) is 1.08. The van der Waals surface area contributed by atoms with Crippen LogP contribution in [0.15, 0.2) is 29.0 Å². The van der Waals surface area contributed by atoms with Gasteiger partial charge < -0.3 is 14.6 Å². The molecule has 1 saturated heterocycles. The Morgan fingerprint density at radius 1 is 1.32 bits per heavy atom. The first-order chi connectivity index (χ1) is 8.92.